The molecule has 0 spiro atoms. The van der Waals surface area contributed by atoms with E-state index in [9.17, 15) is 14.7 Å². The van der Waals surface area contributed by atoms with Gasteiger partial charge in [-0.3, -0.25) is 0 Å². The van der Waals surface area contributed by atoms with Crippen LogP contribution < -0.4 is 4.90 Å². The van der Waals surface area contributed by atoms with Crippen LogP contribution in [-0.2, 0) is 19.1 Å². The van der Waals surface area contributed by atoms with Crippen molar-refractivity contribution in [2.75, 3.05) is 19.7 Å². The van der Waals surface area contributed by atoms with Gasteiger partial charge in [-0.15, -0.1) is 0 Å². The second-order valence-electron chi connectivity index (χ2n) is 7.24. The van der Waals surface area contributed by atoms with E-state index in [1.165, 1.54) is 11.8 Å². The standard InChI is InChI=1S/C18H25NO5/c1-4-12-9-11(2)18(3,22)17(21)23-10-13-5-7-19-8-6-14(15(13)19)24-16(12)20/h4-5,11,14-15,22H,6-10H2,1-3H3/p+1/b12-4-/t11-,14-,15-,18-/m1/s1. The lowest BCUT2D eigenvalue weighted by molar-refractivity contribution is -0.896. The Morgan fingerprint density at radius 1 is 1.42 bits per heavy atom. The van der Waals surface area contributed by atoms with Crippen LogP contribution in [0.1, 0.15) is 33.6 Å². The van der Waals surface area contributed by atoms with Crippen molar-refractivity contribution >= 4 is 11.9 Å². The molecule has 0 saturated carbocycles. The zero-order valence-corrected chi connectivity index (χ0v) is 14.5. The highest BCUT2D eigenvalue weighted by atomic mass is 16.6. The van der Waals surface area contributed by atoms with Crippen molar-refractivity contribution in [2.45, 2.75) is 51.4 Å². The monoisotopic (exact) mass is 336 g/mol. The van der Waals surface area contributed by atoms with Crippen LogP contribution in [-0.4, -0.2) is 54.5 Å². The van der Waals surface area contributed by atoms with Crippen molar-refractivity contribution in [3.63, 3.8) is 0 Å². The Bertz CT molecular complexity index is 607. The number of hydrogen-bond acceptors (Lipinski definition) is 5. The molecule has 0 radical (unpaired) electrons. The molecule has 3 aliphatic heterocycles. The van der Waals surface area contributed by atoms with Crippen LogP contribution in [0.25, 0.3) is 0 Å². The second kappa shape index (κ2) is 6.33. The summed E-state index contributed by atoms with van der Waals surface area (Å²) in [6.45, 7) is 6.91. The number of esters is 2. The van der Waals surface area contributed by atoms with E-state index < -0.39 is 17.5 Å². The van der Waals surface area contributed by atoms with Crippen molar-refractivity contribution in [3.8, 4) is 0 Å². The molecule has 0 amide bonds. The molecule has 0 aromatic carbocycles. The van der Waals surface area contributed by atoms with Gasteiger partial charge >= 0.3 is 11.9 Å². The van der Waals surface area contributed by atoms with Gasteiger partial charge in [0.25, 0.3) is 0 Å². The Morgan fingerprint density at radius 2 is 2.17 bits per heavy atom. The maximum absolute atomic E-state index is 12.6. The van der Waals surface area contributed by atoms with Gasteiger partial charge in [-0.1, -0.05) is 13.0 Å². The molecule has 5 atom stereocenters. The van der Waals surface area contributed by atoms with Gasteiger partial charge in [0.1, 0.15) is 6.61 Å². The van der Waals surface area contributed by atoms with Crippen molar-refractivity contribution in [3.05, 3.63) is 23.3 Å². The van der Waals surface area contributed by atoms with Crippen LogP contribution >= 0.6 is 0 Å². The number of carbonyl (C=O) groups is 2. The third-order valence-corrected chi connectivity index (χ3v) is 5.73. The van der Waals surface area contributed by atoms with Gasteiger partial charge in [-0.2, -0.15) is 0 Å². The molecular weight excluding hydrogens is 310 g/mol. The van der Waals surface area contributed by atoms with E-state index in [2.05, 4.69) is 6.08 Å². The molecule has 132 valence electrons. The Hall–Kier alpha value is -1.66. The fourth-order valence-corrected chi connectivity index (χ4v) is 3.86. The normalized spacial score (nSPS) is 41.8. The molecule has 0 aromatic rings. The lowest BCUT2D eigenvalue weighted by Crippen LogP contribution is -3.12. The van der Waals surface area contributed by atoms with Crippen molar-refractivity contribution < 1.29 is 29.1 Å². The van der Waals surface area contributed by atoms with E-state index in [1.807, 2.05) is 0 Å². The molecule has 3 rings (SSSR count). The summed E-state index contributed by atoms with van der Waals surface area (Å²) in [6, 6.07) is 0.0571. The summed E-state index contributed by atoms with van der Waals surface area (Å²) in [5, 5.41) is 10.6. The van der Waals surface area contributed by atoms with E-state index in [0.29, 0.717) is 5.57 Å². The molecule has 1 unspecified atom stereocenters. The number of ether oxygens (including phenoxy) is 2. The van der Waals surface area contributed by atoms with Crippen LogP contribution in [0, 0.1) is 5.92 Å². The summed E-state index contributed by atoms with van der Waals surface area (Å²) in [5.74, 6) is -1.43. The third-order valence-electron chi connectivity index (χ3n) is 5.73. The molecule has 24 heavy (non-hydrogen) atoms. The summed E-state index contributed by atoms with van der Waals surface area (Å²) in [6.07, 6.45) is 4.69. The highest BCUT2D eigenvalue weighted by molar-refractivity contribution is 5.89. The lowest BCUT2D eigenvalue weighted by atomic mass is 9.85. The Kier molecular flexibility index (Phi) is 4.53. The van der Waals surface area contributed by atoms with E-state index in [1.54, 1.807) is 19.9 Å². The first-order chi connectivity index (χ1) is 11.3. The van der Waals surface area contributed by atoms with Crippen molar-refractivity contribution in [1.82, 2.24) is 0 Å². The molecule has 6 nitrogen and oxygen atoms in total. The minimum Gasteiger partial charge on any atom is -0.459 e. The van der Waals surface area contributed by atoms with Gasteiger partial charge in [0.15, 0.2) is 17.7 Å². The van der Waals surface area contributed by atoms with Crippen LogP contribution in [0.3, 0.4) is 0 Å². The molecule has 3 heterocycles. The predicted molar refractivity (Wildman–Crippen MR) is 86.2 cm³/mol. The van der Waals surface area contributed by atoms with Crippen LogP contribution in [0.4, 0.5) is 0 Å². The minimum atomic E-state index is -1.64. The maximum Gasteiger partial charge on any atom is 0.338 e. The SMILES string of the molecule is C/C=C1/C[C@@H](C)[C@@](C)(O)C(=O)OCC2=CC[NH+]3CC[C@@H](OC1=O)[C@@H]23. The third kappa shape index (κ3) is 2.89. The molecule has 0 aromatic heterocycles. The highest BCUT2D eigenvalue weighted by Crippen LogP contribution is 2.29. The summed E-state index contributed by atoms with van der Waals surface area (Å²) in [4.78, 5) is 26.3. The van der Waals surface area contributed by atoms with Crippen LogP contribution in [0.15, 0.2) is 23.3 Å². The first-order valence-corrected chi connectivity index (χ1v) is 8.63. The number of cyclic esters (lactones) is 1. The van der Waals surface area contributed by atoms with Gasteiger partial charge in [-0.25, -0.2) is 9.59 Å². The molecule has 0 aliphatic carbocycles. The number of carbonyl (C=O) groups excluding carboxylic acids is 2. The average molecular weight is 336 g/mol. The van der Waals surface area contributed by atoms with Crippen LogP contribution in [0.5, 0.6) is 0 Å². The predicted octanol–water partition coefficient (Wildman–Crippen LogP) is -0.224. The first-order valence-electron chi connectivity index (χ1n) is 8.63. The fourth-order valence-electron chi connectivity index (χ4n) is 3.86. The van der Waals surface area contributed by atoms with E-state index in [0.717, 1.165) is 25.1 Å². The highest BCUT2D eigenvalue weighted by Gasteiger charge is 2.47. The number of hydrogen-bond donors (Lipinski definition) is 2. The molecule has 0 bridgehead atoms. The molecule has 2 N–H and O–H groups in total. The zero-order chi connectivity index (χ0) is 17.5. The summed E-state index contributed by atoms with van der Waals surface area (Å²) < 4.78 is 11.2. The first kappa shape index (κ1) is 17.2. The average Bonchev–Trinajstić information content (AvgIpc) is 3.12. The maximum atomic E-state index is 12.6. The molecule has 2 fully saturated rings. The number of aliphatic hydroxyl groups is 1. The quantitative estimate of drug-likeness (QED) is 0.363. The van der Waals surface area contributed by atoms with Gasteiger partial charge in [-0.05, 0) is 32.3 Å². The smallest absolute Gasteiger partial charge is 0.338 e. The largest absolute Gasteiger partial charge is 0.459 e. The number of nitrogens with one attached hydrogen (secondary N) is 1. The molecule has 3 aliphatic rings. The Labute approximate surface area is 142 Å². The molecule has 2 saturated heterocycles. The van der Waals surface area contributed by atoms with Gasteiger partial charge in [0.05, 0.1) is 13.1 Å². The topological polar surface area (TPSA) is 77.3 Å². The van der Waals surface area contributed by atoms with Crippen LogP contribution in [0.2, 0.25) is 0 Å². The fraction of sp³-hybridized carbons (Fsp3) is 0.667. The van der Waals surface area contributed by atoms with Crippen molar-refractivity contribution in [2.24, 2.45) is 5.92 Å². The minimum absolute atomic E-state index is 0.0571. The number of allylic oxidation sites excluding steroid dienone is 1. The Balaban J connectivity index is 1.91. The number of quaternary nitrogens is 1. The lowest BCUT2D eigenvalue weighted by Gasteiger charge is -2.30. The summed E-state index contributed by atoms with van der Waals surface area (Å²) in [7, 11) is 0. The van der Waals surface area contributed by atoms with E-state index >= 15 is 0 Å². The zero-order valence-electron chi connectivity index (χ0n) is 14.5. The number of rotatable bonds is 0. The van der Waals surface area contributed by atoms with E-state index in [-0.39, 0.29) is 31.1 Å². The molecule has 6 heteroatoms. The van der Waals surface area contributed by atoms with Gasteiger partial charge in [0.2, 0.25) is 0 Å². The Morgan fingerprint density at radius 3 is 2.88 bits per heavy atom. The van der Waals surface area contributed by atoms with Gasteiger partial charge < -0.3 is 19.5 Å². The summed E-state index contributed by atoms with van der Waals surface area (Å²) in [5.41, 5.74) is -0.165. The van der Waals surface area contributed by atoms with Gasteiger partial charge in [0, 0.05) is 17.6 Å². The summed E-state index contributed by atoms with van der Waals surface area (Å²) >= 11 is 0. The molecular formula is C18H26NO5+. The second-order valence-corrected chi connectivity index (χ2v) is 7.24. The van der Waals surface area contributed by atoms with E-state index in [4.69, 9.17) is 9.47 Å². The van der Waals surface area contributed by atoms with Crippen molar-refractivity contribution in [1.29, 1.82) is 0 Å².